The first-order valence-electron chi connectivity index (χ1n) is 7.06. The number of hydrogen-bond donors (Lipinski definition) is 0. The normalized spacial score (nSPS) is 20.7. The Kier molecular flexibility index (Phi) is 3.15. The molecule has 0 radical (unpaired) electrons. The summed E-state index contributed by atoms with van der Waals surface area (Å²) < 4.78 is 14.5. The zero-order chi connectivity index (χ0) is 14.4. The Bertz CT molecular complexity index is 686. The third-order valence-electron chi connectivity index (χ3n) is 3.95. The lowest BCUT2D eigenvalue weighted by molar-refractivity contribution is 0.195. The molecule has 1 aromatic carbocycles. The van der Waals surface area contributed by atoms with Gasteiger partial charge in [0.15, 0.2) is 0 Å². The summed E-state index contributed by atoms with van der Waals surface area (Å²) in [5.41, 5.74) is 1.04. The van der Waals surface area contributed by atoms with Gasteiger partial charge >= 0.3 is 0 Å². The molecular formula is C15H16BrN3O2. The van der Waals surface area contributed by atoms with Crippen molar-refractivity contribution in [3.63, 3.8) is 0 Å². The number of imidazole rings is 1. The van der Waals surface area contributed by atoms with Crippen LogP contribution in [0.5, 0.6) is 5.75 Å². The van der Waals surface area contributed by atoms with Gasteiger partial charge < -0.3 is 18.9 Å². The number of rotatable bonds is 1. The smallest absolute Gasteiger partial charge is 0.149 e. The summed E-state index contributed by atoms with van der Waals surface area (Å²) in [7, 11) is 0. The van der Waals surface area contributed by atoms with Gasteiger partial charge in [-0.2, -0.15) is 0 Å². The summed E-state index contributed by atoms with van der Waals surface area (Å²) in [6.45, 7) is 4.98. The minimum atomic E-state index is 0.366. The van der Waals surface area contributed by atoms with Gasteiger partial charge in [0.1, 0.15) is 30.7 Å². The van der Waals surface area contributed by atoms with E-state index in [1.807, 2.05) is 12.1 Å². The van der Waals surface area contributed by atoms with Crippen LogP contribution in [0.1, 0.15) is 6.92 Å². The Labute approximate surface area is 131 Å². The lowest BCUT2D eigenvalue weighted by Gasteiger charge is -2.17. The van der Waals surface area contributed by atoms with Crippen molar-refractivity contribution in [2.24, 2.45) is 0 Å². The van der Waals surface area contributed by atoms with Crippen LogP contribution in [0.25, 0.3) is 11.4 Å². The molecule has 4 rings (SSSR count). The van der Waals surface area contributed by atoms with E-state index in [1.54, 1.807) is 0 Å². The number of nitrogens with zero attached hydrogens (tertiary/aromatic N) is 3. The maximum absolute atomic E-state index is 5.83. The number of anilines is 1. The van der Waals surface area contributed by atoms with Crippen LogP contribution in [0.3, 0.4) is 0 Å². The van der Waals surface area contributed by atoms with Crippen molar-refractivity contribution in [1.29, 1.82) is 0 Å². The van der Waals surface area contributed by atoms with E-state index in [0.29, 0.717) is 19.4 Å². The maximum Gasteiger partial charge on any atom is 0.149 e. The second kappa shape index (κ2) is 5.03. The highest BCUT2D eigenvalue weighted by Gasteiger charge is 2.26. The molecule has 1 fully saturated rings. The number of ether oxygens (including phenoxy) is 2. The Morgan fingerprint density at radius 3 is 3.10 bits per heavy atom. The van der Waals surface area contributed by atoms with Gasteiger partial charge in [-0.1, -0.05) is 15.9 Å². The lowest BCUT2D eigenvalue weighted by atomic mass is 10.2. The van der Waals surface area contributed by atoms with E-state index in [-0.39, 0.29) is 0 Å². The average Bonchev–Trinajstić information content (AvgIpc) is 3.02. The predicted octanol–water partition coefficient (Wildman–Crippen LogP) is 2.89. The second-order valence-electron chi connectivity index (χ2n) is 5.42. The first-order chi connectivity index (χ1) is 10.2. The van der Waals surface area contributed by atoms with Crippen LogP contribution >= 0.6 is 15.9 Å². The highest BCUT2D eigenvalue weighted by Crippen LogP contribution is 2.35. The molecule has 21 heavy (non-hydrogen) atoms. The molecule has 0 aliphatic carbocycles. The van der Waals surface area contributed by atoms with E-state index in [9.17, 15) is 0 Å². The largest absolute Gasteiger partial charge is 0.491 e. The molecule has 3 heterocycles. The molecule has 0 bridgehead atoms. The Morgan fingerprint density at radius 2 is 2.29 bits per heavy atom. The first-order valence-corrected chi connectivity index (χ1v) is 7.86. The van der Waals surface area contributed by atoms with Crippen molar-refractivity contribution >= 4 is 21.7 Å². The molecule has 2 aliphatic rings. The van der Waals surface area contributed by atoms with Crippen molar-refractivity contribution < 1.29 is 9.47 Å². The number of aromatic nitrogens is 2. The van der Waals surface area contributed by atoms with Crippen LogP contribution < -0.4 is 9.64 Å². The van der Waals surface area contributed by atoms with E-state index >= 15 is 0 Å². The van der Waals surface area contributed by atoms with Crippen LogP contribution in [0, 0.1) is 0 Å². The van der Waals surface area contributed by atoms with Crippen molar-refractivity contribution in [2.75, 3.05) is 24.8 Å². The molecule has 1 atom stereocenters. The molecule has 2 aliphatic heterocycles. The SMILES string of the molecule is C[C@@H]1COCN1c1cn2c(n1)-c1ccc(Br)cc1OCC2. The minimum absolute atomic E-state index is 0.366. The van der Waals surface area contributed by atoms with E-state index in [0.717, 1.165) is 40.6 Å². The topological polar surface area (TPSA) is 39.5 Å². The number of halogens is 1. The molecule has 0 saturated carbocycles. The summed E-state index contributed by atoms with van der Waals surface area (Å²) in [6, 6.07) is 6.44. The standard InChI is InChI=1S/C15H16BrN3O2/c1-10-8-20-9-19(10)14-7-18-4-5-21-13-6-11(16)2-3-12(13)15(18)17-14/h2-3,6-7,10H,4-5,8-9H2,1H3/t10-/m1/s1. The van der Waals surface area contributed by atoms with Crippen molar-refractivity contribution in [1.82, 2.24) is 9.55 Å². The van der Waals surface area contributed by atoms with Gasteiger partial charge in [0.25, 0.3) is 0 Å². The van der Waals surface area contributed by atoms with Gasteiger partial charge in [-0.3, -0.25) is 0 Å². The van der Waals surface area contributed by atoms with Crippen molar-refractivity contribution in [2.45, 2.75) is 19.5 Å². The van der Waals surface area contributed by atoms with Gasteiger partial charge in [0.05, 0.1) is 24.8 Å². The van der Waals surface area contributed by atoms with Crippen LogP contribution in [-0.2, 0) is 11.3 Å². The van der Waals surface area contributed by atoms with Gasteiger partial charge in [0, 0.05) is 10.7 Å². The predicted molar refractivity (Wildman–Crippen MR) is 83.6 cm³/mol. The minimum Gasteiger partial charge on any atom is -0.491 e. The molecule has 0 amide bonds. The van der Waals surface area contributed by atoms with Crippen LogP contribution in [0.2, 0.25) is 0 Å². The Hall–Kier alpha value is -1.53. The highest BCUT2D eigenvalue weighted by atomic mass is 79.9. The number of benzene rings is 1. The van der Waals surface area contributed by atoms with Crippen LogP contribution in [-0.4, -0.2) is 35.5 Å². The second-order valence-corrected chi connectivity index (χ2v) is 6.34. The summed E-state index contributed by atoms with van der Waals surface area (Å²) in [5.74, 6) is 2.82. The molecular weight excluding hydrogens is 334 g/mol. The third-order valence-corrected chi connectivity index (χ3v) is 4.45. The Morgan fingerprint density at radius 1 is 1.38 bits per heavy atom. The number of hydrogen-bond acceptors (Lipinski definition) is 4. The van der Waals surface area contributed by atoms with Crippen LogP contribution in [0.15, 0.2) is 28.9 Å². The zero-order valence-electron chi connectivity index (χ0n) is 11.8. The fourth-order valence-electron chi connectivity index (χ4n) is 2.81. The molecule has 0 unspecified atom stereocenters. The summed E-state index contributed by atoms with van der Waals surface area (Å²) in [6.07, 6.45) is 2.10. The molecule has 2 aromatic rings. The van der Waals surface area contributed by atoms with E-state index < -0.39 is 0 Å². The monoisotopic (exact) mass is 349 g/mol. The molecule has 5 nitrogen and oxygen atoms in total. The molecule has 1 saturated heterocycles. The Balaban J connectivity index is 1.80. The van der Waals surface area contributed by atoms with Crippen molar-refractivity contribution in [3.05, 3.63) is 28.9 Å². The van der Waals surface area contributed by atoms with Gasteiger partial charge in [-0.05, 0) is 25.1 Å². The molecule has 110 valence electrons. The summed E-state index contributed by atoms with van der Waals surface area (Å²) >= 11 is 3.49. The third kappa shape index (κ3) is 2.22. The molecule has 1 aromatic heterocycles. The maximum atomic E-state index is 5.83. The van der Waals surface area contributed by atoms with Crippen molar-refractivity contribution in [3.8, 4) is 17.1 Å². The van der Waals surface area contributed by atoms with E-state index in [4.69, 9.17) is 14.5 Å². The molecule has 6 heteroatoms. The van der Waals surface area contributed by atoms with E-state index in [1.165, 1.54) is 0 Å². The average molecular weight is 350 g/mol. The summed E-state index contributed by atoms with van der Waals surface area (Å²) in [5, 5.41) is 0. The number of fused-ring (bicyclic) bond motifs is 3. The first kappa shape index (κ1) is 13.2. The van der Waals surface area contributed by atoms with Gasteiger partial charge in [-0.15, -0.1) is 0 Å². The fourth-order valence-corrected chi connectivity index (χ4v) is 3.15. The van der Waals surface area contributed by atoms with Crippen LogP contribution in [0.4, 0.5) is 5.82 Å². The molecule has 0 spiro atoms. The summed E-state index contributed by atoms with van der Waals surface area (Å²) in [4.78, 5) is 7.02. The van der Waals surface area contributed by atoms with Gasteiger partial charge in [-0.25, -0.2) is 4.98 Å². The van der Waals surface area contributed by atoms with Gasteiger partial charge in [0.2, 0.25) is 0 Å². The highest BCUT2D eigenvalue weighted by molar-refractivity contribution is 9.10. The lowest BCUT2D eigenvalue weighted by Crippen LogP contribution is -2.28. The quantitative estimate of drug-likeness (QED) is 0.793. The fraction of sp³-hybridized carbons (Fsp3) is 0.400. The zero-order valence-corrected chi connectivity index (χ0v) is 13.3. The molecule has 0 N–H and O–H groups in total. The van der Waals surface area contributed by atoms with E-state index in [2.05, 4.69) is 44.6 Å².